The molecule has 0 unspecified atom stereocenters. The molecule has 0 fully saturated rings. The third-order valence-corrected chi connectivity index (χ3v) is 7.04. The number of Topliss-reactive ketones (excluding diaryl/α,β-unsaturated/α-hetero) is 1. The molecule has 19 heteroatoms. The maximum absolute atomic E-state index is 12.3. The van der Waals surface area contributed by atoms with Crippen molar-refractivity contribution in [3.8, 4) is 0 Å². The van der Waals surface area contributed by atoms with E-state index in [0.717, 1.165) is 18.2 Å². The number of nitrogens with one attached hydrogen (secondary N) is 1. The Balaban J connectivity index is 0.00000507. The van der Waals surface area contributed by atoms with Crippen molar-refractivity contribution in [3.63, 3.8) is 0 Å². The second-order valence-corrected chi connectivity index (χ2v) is 11.3. The number of benzene rings is 2. The Bertz CT molecular complexity index is 1720. The van der Waals surface area contributed by atoms with Crippen LogP contribution in [0, 0.1) is 0 Å². The van der Waals surface area contributed by atoms with Crippen molar-refractivity contribution in [1.82, 2.24) is 5.43 Å². The minimum atomic E-state index is -4.91. The molecule has 0 spiro atoms. The molecule has 0 atom stereocenters. The van der Waals surface area contributed by atoms with E-state index in [-0.39, 0.29) is 28.5 Å². The van der Waals surface area contributed by atoms with Gasteiger partial charge in [-0.3, -0.25) is 23.9 Å². The summed E-state index contributed by atoms with van der Waals surface area (Å²) in [4.78, 5) is 9.98. The molecule has 0 heterocycles. The summed E-state index contributed by atoms with van der Waals surface area (Å²) in [5.74, 6) is -1.17. The third-order valence-electron chi connectivity index (χ3n) is 4.46. The normalized spacial score (nSPS) is 15.8. The van der Waals surface area contributed by atoms with Gasteiger partial charge in [0.2, 0.25) is 5.78 Å². The fraction of sp³-hybridized carbons (Fsp3) is 0. The topological polar surface area (TPSA) is 257 Å². The van der Waals surface area contributed by atoms with E-state index in [0.29, 0.717) is 12.1 Å². The van der Waals surface area contributed by atoms with Crippen molar-refractivity contribution in [2.45, 2.75) is 9.79 Å². The second kappa shape index (κ2) is 11.5. The van der Waals surface area contributed by atoms with Crippen LogP contribution in [-0.2, 0) is 52.2 Å². The van der Waals surface area contributed by atoms with Gasteiger partial charge in [0.1, 0.15) is 11.5 Å². The number of nitrogens with zero attached hydrogens (tertiary/aromatic N) is 3. The van der Waals surface area contributed by atoms with E-state index in [9.17, 15) is 43.7 Å². The van der Waals surface area contributed by atoms with Crippen LogP contribution in [0.3, 0.4) is 0 Å². The maximum Gasteiger partial charge on any atom is 1.00 e. The first kappa shape index (κ1) is 30.8. The summed E-state index contributed by atoms with van der Waals surface area (Å²) in [7, 11) is -14.4. The average Bonchev–Trinajstić information content (AvgIpc) is 2.80. The number of hydrogen-bond donors (Lipinski definition) is 5. The Labute approximate surface area is 226 Å². The Hall–Kier alpha value is -3.42. The summed E-state index contributed by atoms with van der Waals surface area (Å²) in [6, 6.07) is 9.75. The van der Waals surface area contributed by atoms with E-state index in [4.69, 9.17) is 5.73 Å². The third kappa shape index (κ3) is 7.55. The average molecular weight is 634 g/mol. The molecule has 206 valence electrons. The predicted molar refractivity (Wildman–Crippen MR) is 130 cm³/mol. The largest absolute Gasteiger partial charge is 1.00 e. The summed E-state index contributed by atoms with van der Waals surface area (Å²) >= 11 is 0. The first-order valence-corrected chi connectivity index (χ1v) is 13.9. The van der Waals surface area contributed by atoms with E-state index in [2.05, 4.69) is 21.1 Å². The summed E-state index contributed by atoms with van der Waals surface area (Å²) in [5.41, 5.74) is 9.96. The van der Waals surface area contributed by atoms with Crippen LogP contribution < -0.4 is 11.2 Å². The molecule has 0 aliphatic heterocycles. The van der Waals surface area contributed by atoms with E-state index in [1.807, 2.05) is 0 Å². The van der Waals surface area contributed by atoms with Crippen molar-refractivity contribution in [1.29, 1.82) is 0 Å². The molecular weight excluding hydrogens is 618 g/mol. The molecule has 0 radical (unpaired) electrons. The van der Waals surface area contributed by atoms with Crippen LogP contribution in [-0.4, -0.2) is 56.2 Å². The van der Waals surface area contributed by atoms with E-state index in [1.165, 1.54) is 12.1 Å². The number of ketones is 1. The summed E-state index contributed by atoms with van der Waals surface area (Å²) < 4.78 is 97.2. The number of nitrogens with two attached hydrogens (primary N) is 1. The molecule has 0 bridgehead atoms. The zero-order valence-electron chi connectivity index (χ0n) is 18.4. The molecule has 1 aliphatic carbocycles. The van der Waals surface area contributed by atoms with Gasteiger partial charge >= 0.3 is 17.1 Å². The first-order chi connectivity index (χ1) is 17.1. The number of rotatable bonds is 7. The number of carbonyl (C=O) groups is 1. The monoisotopic (exact) mass is 633 g/mol. The molecule has 15 nitrogen and oxygen atoms in total. The number of amidine groups is 1. The molecule has 1 aliphatic rings. The molecule has 0 amide bonds. The van der Waals surface area contributed by atoms with E-state index in [1.54, 1.807) is 18.2 Å². The summed E-state index contributed by atoms with van der Waals surface area (Å²) in [6.45, 7) is 0. The van der Waals surface area contributed by atoms with Gasteiger partial charge in [0.25, 0.3) is 30.4 Å². The van der Waals surface area contributed by atoms with Crippen molar-refractivity contribution in [3.05, 3.63) is 82.3 Å². The minimum absolute atomic E-state index is 0. The van der Waals surface area contributed by atoms with Gasteiger partial charge in [-0.1, -0.05) is 42.1 Å². The Morgan fingerprint density at radius 2 is 1.50 bits per heavy atom. The zero-order chi connectivity index (χ0) is 27.6. The predicted octanol–water partition coefficient (Wildman–Crippen LogP) is 0.687. The molecule has 0 aromatic heterocycles. The summed E-state index contributed by atoms with van der Waals surface area (Å²) in [5, 5.41) is 7.53. The second-order valence-electron chi connectivity index (χ2n) is 7.05. The number of hydrogen-bond acceptors (Lipinski definition) is 10. The molecule has 38 heavy (non-hydrogen) atoms. The Morgan fingerprint density at radius 1 is 0.868 bits per heavy atom. The molecule has 0 saturated carbocycles. The van der Waals surface area contributed by atoms with Gasteiger partial charge in [-0.25, -0.2) is 0 Å². The van der Waals surface area contributed by atoms with Gasteiger partial charge in [-0.2, -0.15) is 30.4 Å². The molecular formula is C19H16CuN5O10S3. The van der Waals surface area contributed by atoms with Crippen molar-refractivity contribution < 1.29 is 60.8 Å². The van der Waals surface area contributed by atoms with Crippen molar-refractivity contribution in [2.24, 2.45) is 15.9 Å². The Morgan fingerprint density at radius 3 is 2.05 bits per heavy atom. The van der Waals surface area contributed by atoms with Crippen LogP contribution in [0.4, 0.5) is 5.69 Å². The van der Waals surface area contributed by atoms with Gasteiger partial charge in [-0.05, 0) is 24.3 Å². The van der Waals surface area contributed by atoms with Gasteiger partial charge < -0.3 is 16.3 Å². The molecule has 3 rings (SSSR count). The van der Waals surface area contributed by atoms with Crippen molar-refractivity contribution >= 4 is 53.4 Å². The van der Waals surface area contributed by atoms with Crippen LogP contribution in [0.15, 0.2) is 91.3 Å². The van der Waals surface area contributed by atoms with Gasteiger partial charge in [-0.15, -0.1) is 0 Å². The van der Waals surface area contributed by atoms with Crippen LogP contribution in [0.25, 0.3) is 5.43 Å². The number of carbonyl (C=O) groups excluding carboxylic acids is 1. The first-order valence-electron chi connectivity index (χ1n) is 9.55. The van der Waals surface area contributed by atoms with Crippen LogP contribution in [0.2, 0.25) is 0 Å². The van der Waals surface area contributed by atoms with Crippen LogP contribution in [0.1, 0.15) is 5.56 Å². The standard InChI is InChI=1S/C19H17N5O10S3.Cu/c20-14-8-13(36(29,30)31)10-16(18(14)25)22-24-19(11-4-2-1-3-5-11)23-21-15-9-12(35(26,27)28)6-7-17(15)37(32,33)34;/h1-10H,(H7,20,21,22,23,24,25,26,27,28,29,30,31,32,33,34);/q;+1/p-1. The smallest absolute Gasteiger partial charge is 0.573 e. The van der Waals surface area contributed by atoms with Crippen molar-refractivity contribution in [2.75, 3.05) is 0 Å². The SMILES string of the molecule is NC1=CC(S(=O)(=O)O)=C/C(=N/N/C(=N\[N-]c2cc(S(=O)(=O)O)ccc2S(=O)(=O)O)c2ccccc2)C1=O.[Cu+]. The fourth-order valence-corrected chi connectivity index (χ4v) is 4.39. The minimum Gasteiger partial charge on any atom is -0.573 e. The number of hydrazone groups is 1. The molecule has 0 saturated heterocycles. The van der Waals surface area contributed by atoms with Gasteiger partial charge in [0.05, 0.1) is 20.4 Å². The molecule has 6 N–H and O–H groups in total. The van der Waals surface area contributed by atoms with Gasteiger partial charge in [0.15, 0.2) is 0 Å². The Kier molecular flexibility index (Phi) is 9.35. The van der Waals surface area contributed by atoms with Crippen LogP contribution in [0.5, 0.6) is 0 Å². The van der Waals surface area contributed by atoms with E-state index >= 15 is 0 Å². The fourth-order valence-electron chi connectivity index (χ4n) is 2.75. The molecule has 2 aromatic rings. The molecule has 2 aromatic carbocycles. The zero-order valence-corrected chi connectivity index (χ0v) is 21.8. The van der Waals surface area contributed by atoms with E-state index < -0.39 is 67.9 Å². The van der Waals surface area contributed by atoms with Crippen LogP contribution >= 0.6 is 0 Å². The number of allylic oxidation sites excluding steroid dienone is 3. The maximum atomic E-state index is 12.3. The quantitative estimate of drug-likeness (QED) is 0.0704. The van der Waals surface area contributed by atoms with Gasteiger partial charge in [0, 0.05) is 5.56 Å². The summed E-state index contributed by atoms with van der Waals surface area (Å²) in [6.07, 6.45) is 1.46.